The zero-order chi connectivity index (χ0) is 10.4. The average molecular weight is 263 g/mol. The molecular weight excluding hydrogens is 251 g/mol. The van der Waals surface area contributed by atoms with Crippen LogP contribution >= 0.6 is 15.9 Å². The van der Waals surface area contributed by atoms with Crippen LogP contribution in [-0.2, 0) is 4.74 Å². The molecule has 0 aromatic heterocycles. The molecule has 0 unspecified atom stereocenters. The molecule has 0 aliphatic heterocycles. The van der Waals surface area contributed by atoms with E-state index in [0.717, 1.165) is 10.9 Å². The van der Waals surface area contributed by atoms with Crippen LogP contribution in [0.3, 0.4) is 0 Å². The third-order valence-electron chi connectivity index (χ3n) is 1.64. The highest BCUT2D eigenvalue weighted by molar-refractivity contribution is 9.10. The minimum atomic E-state index is -0.296. The van der Waals surface area contributed by atoms with Crippen LogP contribution in [0.15, 0.2) is 22.7 Å². The Balaban J connectivity index is 2.45. The molecule has 0 aliphatic rings. The lowest BCUT2D eigenvalue weighted by atomic mass is 10.3. The highest BCUT2D eigenvalue weighted by atomic mass is 79.9. The lowest BCUT2D eigenvalue weighted by molar-refractivity contribution is 0.172. The van der Waals surface area contributed by atoms with Gasteiger partial charge in [-0.2, -0.15) is 0 Å². The zero-order valence-corrected chi connectivity index (χ0v) is 9.51. The molecule has 1 aromatic carbocycles. The van der Waals surface area contributed by atoms with Gasteiger partial charge in [0.15, 0.2) is 0 Å². The van der Waals surface area contributed by atoms with Gasteiger partial charge in [-0.25, -0.2) is 4.39 Å². The molecule has 0 N–H and O–H groups in total. The Kier molecular flexibility index (Phi) is 4.90. The Morgan fingerprint density at radius 1 is 1.36 bits per heavy atom. The van der Waals surface area contributed by atoms with Gasteiger partial charge in [0.05, 0.1) is 11.1 Å². The van der Waals surface area contributed by atoms with Crippen LogP contribution in [0.2, 0.25) is 0 Å². The fourth-order valence-corrected chi connectivity index (χ4v) is 1.33. The maximum Gasteiger partial charge on any atom is 0.136 e. The molecule has 2 nitrogen and oxygen atoms in total. The summed E-state index contributed by atoms with van der Waals surface area (Å²) in [4.78, 5) is 0. The Labute approximate surface area is 91.2 Å². The molecule has 0 fully saturated rings. The second-order valence-corrected chi connectivity index (χ2v) is 3.62. The summed E-state index contributed by atoms with van der Waals surface area (Å²) < 4.78 is 23.8. The molecule has 0 atom stereocenters. The van der Waals surface area contributed by atoms with Crippen LogP contribution < -0.4 is 4.74 Å². The molecule has 0 radical (unpaired) electrons. The average Bonchev–Trinajstić information content (AvgIpc) is 2.18. The second kappa shape index (κ2) is 5.98. The van der Waals surface area contributed by atoms with Crippen LogP contribution in [0.1, 0.15) is 6.42 Å². The van der Waals surface area contributed by atoms with Crippen molar-refractivity contribution in [2.24, 2.45) is 0 Å². The van der Waals surface area contributed by atoms with Crippen molar-refractivity contribution in [2.45, 2.75) is 6.42 Å². The number of rotatable bonds is 5. The number of ether oxygens (including phenoxy) is 2. The first-order valence-electron chi connectivity index (χ1n) is 4.31. The number of hydrogen-bond acceptors (Lipinski definition) is 2. The van der Waals surface area contributed by atoms with E-state index in [0.29, 0.717) is 19.0 Å². The van der Waals surface area contributed by atoms with Gasteiger partial charge in [0.2, 0.25) is 0 Å². The van der Waals surface area contributed by atoms with E-state index >= 15 is 0 Å². The van der Waals surface area contributed by atoms with Gasteiger partial charge in [-0.3, -0.25) is 0 Å². The van der Waals surface area contributed by atoms with Crippen molar-refractivity contribution >= 4 is 15.9 Å². The number of methoxy groups -OCH3 is 1. The van der Waals surface area contributed by atoms with E-state index in [1.54, 1.807) is 13.2 Å². The summed E-state index contributed by atoms with van der Waals surface area (Å²) in [6.45, 7) is 1.17. The van der Waals surface area contributed by atoms with Crippen LogP contribution in [-0.4, -0.2) is 20.3 Å². The maximum atomic E-state index is 12.8. The molecule has 1 rings (SSSR count). The molecule has 0 aliphatic carbocycles. The van der Waals surface area contributed by atoms with E-state index in [4.69, 9.17) is 9.47 Å². The molecule has 4 heteroatoms. The number of halogens is 2. The van der Waals surface area contributed by atoms with Gasteiger partial charge in [-0.05, 0) is 28.1 Å². The highest BCUT2D eigenvalue weighted by Gasteiger charge is 2.02. The van der Waals surface area contributed by atoms with Crippen molar-refractivity contribution in [2.75, 3.05) is 20.3 Å². The standard InChI is InChI=1S/C10H12BrFO2/c1-13-5-2-6-14-10-7-8(12)3-4-9(10)11/h3-4,7H,2,5-6H2,1H3. The van der Waals surface area contributed by atoms with E-state index in [1.807, 2.05) is 0 Å². The van der Waals surface area contributed by atoms with Crippen molar-refractivity contribution in [3.8, 4) is 5.75 Å². The Morgan fingerprint density at radius 3 is 2.86 bits per heavy atom. The SMILES string of the molecule is COCCCOc1cc(F)ccc1Br. The van der Waals surface area contributed by atoms with Crippen LogP contribution in [0, 0.1) is 5.82 Å². The van der Waals surface area contributed by atoms with Crippen LogP contribution in [0.5, 0.6) is 5.75 Å². The van der Waals surface area contributed by atoms with Crippen molar-refractivity contribution in [1.29, 1.82) is 0 Å². The van der Waals surface area contributed by atoms with Gasteiger partial charge in [0, 0.05) is 26.2 Å². The summed E-state index contributed by atoms with van der Waals surface area (Å²) in [5.41, 5.74) is 0. The molecule has 0 spiro atoms. The summed E-state index contributed by atoms with van der Waals surface area (Å²) >= 11 is 3.28. The fraction of sp³-hybridized carbons (Fsp3) is 0.400. The molecule has 0 saturated heterocycles. The minimum Gasteiger partial charge on any atom is -0.492 e. The first-order valence-corrected chi connectivity index (χ1v) is 5.10. The van der Waals surface area contributed by atoms with Crippen molar-refractivity contribution < 1.29 is 13.9 Å². The maximum absolute atomic E-state index is 12.8. The molecule has 0 heterocycles. The molecule has 0 amide bonds. The predicted octanol–water partition coefficient (Wildman–Crippen LogP) is 3.00. The molecule has 14 heavy (non-hydrogen) atoms. The van der Waals surface area contributed by atoms with Gasteiger partial charge in [-0.15, -0.1) is 0 Å². The van der Waals surface area contributed by atoms with E-state index in [-0.39, 0.29) is 5.82 Å². The van der Waals surface area contributed by atoms with E-state index in [2.05, 4.69) is 15.9 Å². The van der Waals surface area contributed by atoms with Crippen LogP contribution in [0.4, 0.5) is 4.39 Å². The predicted molar refractivity (Wildman–Crippen MR) is 56.1 cm³/mol. The molecule has 1 aromatic rings. The van der Waals surface area contributed by atoms with Crippen molar-refractivity contribution in [1.82, 2.24) is 0 Å². The minimum absolute atomic E-state index is 0.296. The first kappa shape index (κ1) is 11.5. The summed E-state index contributed by atoms with van der Waals surface area (Å²) in [6, 6.07) is 4.37. The zero-order valence-electron chi connectivity index (χ0n) is 7.93. The van der Waals surface area contributed by atoms with E-state index < -0.39 is 0 Å². The summed E-state index contributed by atoms with van der Waals surface area (Å²) in [6.07, 6.45) is 0.791. The monoisotopic (exact) mass is 262 g/mol. The smallest absolute Gasteiger partial charge is 0.136 e. The van der Waals surface area contributed by atoms with Crippen molar-refractivity contribution in [3.05, 3.63) is 28.5 Å². The topological polar surface area (TPSA) is 18.5 Å². The Hall–Kier alpha value is -0.610. The van der Waals surface area contributed by atoms with Gasteiger partial charge >= 0.3 is 0 Å². The third-order valence-corrected chi connectivity index (χ3v) is 2.30. The van der Waals surface area contributed by atoms with Gasteiger partial charge in [0.1, 0.15) is 11.6 Å². The van der Waals surface area contributed by atoms with Crippen molar-refractivity contribution in [3.63, 3.8) is 0 Å². The first-order chi connectivity index (χ1) is 6.74. The highest BCUT2D eigenvalue weighted by Crippen LogP contribution is 2.25. The molecule has 0 bridgehead atoms. The summed E-state index contributed by atoms with van der Waals surface area (Å²) in [5, 5.41) is 0. The molecular formula is C10H12BrFO2. The van der Waals surface area contributed by atoms with E-state index in [9.17, 15) is 4.39 Å². The Morgan fingerprint density at radius 2 is 2.14 bits per heavy atom. The third kappa shape index (κ3) is 3.64. The fourth-order valence-electron chi connectivity index (χ4n) is 0.973. The lowest BCUT2D eigenvalue weighted by Gasteiger charge is -2.07. The Bertz CT molecular complexity index is 291. The normalized spacial score (nSPS) is 10.2. The van der Waals surface area contributed by atoms with E-state index in [1.165, 1.54) is 12.1 Å². The van der Waals surface area contributed by atoms with Gasteiger partial charge in [0.25, 0.3) is 0 Å². The van der Waals surface area contributed by atoms with Gasteiger partial charge < -0.3 is 9.47 Å². The summed E-state index contributed by atoms with van der Waals surface area (Å²) in [5.74, 6) is 0.232. The summed E-state index contributed by atoms with van der Waals surface area (Å²) in [7, 11) is 1.64. The molecule has 0 saturated carbocycles. The lowest BCUT2D eigenvalue weighted by Crippen LogP contribution is -2.01. The largest absolute Gasteiger partial charge is 0.492 e. The quantitative estimate of drug-likeness (QED) is 0.760. The number of benzene rings is 1. The second-order valence-electron chi connectivity index (χ2n) is 2.77. The molecule has 78 valence electrons. The number of hydrogen-bond donors (Lipinski definition) is 0. The van der Waals surface area contributed by atoms with Crippen LogP contribution in [0.25, 0.3) is 0 Å². The van der Waals surface area contributed by atoms with Gasteiger partial charge in [-0.1, -0.05) is 0 Å².